The zero-order valence-electron chi connectivity index (χ0n) is 13.8. The van der Waals surface area contributed by atoms with Crippen LogP contribution in [0.1, 0.15) is 70.0 Å². The molecule has 1 aromatic rings. The molecule has 0 saturated heterocycles. The molecule has 0 aromatic carbocycles. The zero-order valence-corrected chi connectivity index (χ0v) is 15.5. The fourth-order valence-corrected chi connectivity index (χ4v) is 2.69. The number of nitrogens with zero attached hydrogens (tertiary/aromatic N) is 2. The van der Waals surface area contributed by atoms with Crippen molar-refractivity contribution in [3.63, 3.8) is 0 Å². The van der Waals surface area contributed by atoms with Gasteiger partial charge >= 0.3 is 0 Å². The minimum atomic E-state index is 0. The molecule has 0 unspecified atom stereocenters. The Morgan fingerprint density at radius 2 is 1.32 bits per heavy atom. The van der Waals surface area contributed by atoms with Crippen LogP contribution in [0.2, 0.25) is 0 Å². The second-order valence-corrected chi connectivity index (χ2v) is 5.77. The van der Waals surface area contributed by atoms with E-state index in [0.29, 0.717) is 13.2 Å². The Labute approximate surface area is 145 Å². The van der Waals surface area contributed by atoms with Crippen molar-refractivity contribution >= 4 is 17.0 Å². The first-order valence-electron chi connectivity index (χ1n) is 8.60. The molecule has 4 nitrogen and oxygen atoms in total. The summed E-state index contributed by atoms with van der Waals surface area (Å²) in [5, 5.41) is 17.6. The highest BCUT2D eigenvalue weighted by Crippen LogP contribution is 2.12. The van der Waals surface area contributed by atoms with Gasteiger partial charge in [-0.15, -0.1) is 17.0 Å². The van der Waals surface area contributed by atoms with E-state index in [0.717, 1.165) is 18.7 Å². The molecular formula is C17H33BrN2O2. The summed E-state index contributed by atoms with van der Waals surface area (Å²) in [6.07, 6.45) is 17.3. The molecule has 0 radical (unpaired) electrons. The summed E-state index contributed by atoms with van der Waals surface area (Å²) in [6, 6.07) is 0. The van der Waals surface area contributed by atoms with Crippen molar-refractivity contribution in [3.8, 4) is 0 Å². The Bertz CT molecular complexity index is 345. The number of rotatable bonds is 14. The van der Waals surface area contributed by atoms with Crippen molar-refractivity contribution in [2.24, 2.45) is 0 Å². The third-order valence-electron chi connectivity index (χ3n) is 3.95. The quantitative estimate of drug-likeness (QED) is 0.484. The Balaban J connectivity index is 0.00000441. The van der Waals surface area contributed by atoms with E-state index in [1.54, 1.807) is 0 Å². The maximum Gasteiger partial charge on any atom is 0.108 e. The average molecular weight is 377 g/mol. The van der Waals surface area contributed by atoms with Crippen LogP contribution in [0, 0.1) is 0 Å². The van der Waals surface area contributed by atoms with Crippen molar-refractivity contribution < 1.29 is 10.2 Å². The SMILES string of the molecule is Br.OCCCCCCCCCCCCc1nccn1CCO. The highest BCUT2D eigenvalue weighted by atomic mass is 79.9. The van der Waals surface area contributed by atoms with E-state index >= 15 is 0 Å². The van der Waals surface area contributed by atoms with Crippen LogP contribution in [0.3, 0.4) is 0 Å². The molecule has 0 aliphatic rings. The lowest BCUT2D eigenvalue weighted by Crippen LogP contribution is -2.06. The number of hydrogen-bond acceptors (Lipinski definition) is 3. The number of aliphatic hydroxyl groups is 2. The third-order valence-corrected chi connectivity index (χ3v) is 3.95. The second-order valence-electron chi connectivity index (χ2n) is 5.77. The standard InChI is InChI=1S/C17H32N2O2.BrH/c20-15-10-8-6-4-2-1-3-5-7-9-11-17-18-12-13-19(17)14-16-21;/h12-13,20-21H,1-11,14-16H2;1H. The lowest BCUT2D eigenvalue weighted by Gasteiger charge is -2.06. The van der Waals surface area contributed by atoms with Gasteiger partial charge in [0.05, 0.1) is 6.61 Å². The first-order chi connectivity index (χ1) is 10.4. The van der Waals surface area contributed by atoms with Crippen molar-refractivity contribution in [2.45, 2.75) is 77.2 Å². The predicted molar refractivity (Wildman–Crippen MR) is 96.6 cm³/mol. The van der Waals surface area contributed by atoms with Gasteiger partial charge in [-0.05, 0) is 12.8 Å². The molecule has 0 bridgehead atoms. The molecule has 130 valence electrons. The molecule has 1 aromatic heterocycles. The number of aliphatic hydroxyl groups excluding tert-OH is 2. The maximum atomic E-state index is 8.96. The average Bonchev–Trinajstić information content (AvgIpc) is 2.92. The number of unbranched alkanes of at least 4 members (excludes halogenated alkanes) is 9. The molecule has 5 heteroatoms. The summed E-state index contributed by atoms with van der Waals surface area (Å²) in [6.45, 7) is 1.18. The number of halogens is 1. The Morgan fingerprint density at radius 1 is 0.773 bits per heavy atom. The van der Waals surface area contributed by atoms with Gasteiger partial charge in [-0.3, -0.25) is 0 Å². The van der Waals surface area contributed by atoms with Crippen molar-refractivity contribution in [3.05, 3.63) is 18.2 Å². The van der Waals surface area contributed by atoms with Crippen LogP contribution in [-0.2, 0) is 13.0 Å². The number of hydrogen-bond donors (Lipinski definition) is 2. The molecular weight excluding hydrogens is 344 g/mol. The van der Waals surface area contributed by atoms with Crippen molar-refractivity contribution in [1.29, 1.82) is 0 Å². The summed E-state index contributed by atoms with van der Waals surface area (Å²) in [5.74, 6) is 1.10. The van der Waals surface area contributed by atoms with E-state index in [1.165, 1.54) is 57.8 Å². The Hall–Kier alpha value is -0.390. The fraction of sp³-hybridized carbons (Fsp3) is 0.824. The van der Waals surface area contributed by atoms with Crippen LogP contribution in [0.25, 0.3) is 0 Å². The van der Waals surface area contributed by atoms with Crippen LogP contribution in [0.4, 0.5) is 0 Å². The molecule has 0 fully saturated rings. The normalized spacial score (nSPS) is 10.6. The van der Waals surface area contributed by atoms with E-state index in [1.807, 2.05) is 17.0 Å². The molecule has 0 spiro atoms. The highest BCUT2D eigenvalue weighted by molar-refractivity contribution is 8.93. The summed E-state index contributed by atoms with van der Waals surface area (Å²) in [7, 11) is 0. The van der Waals surface area contributed by atoms with Crippen LogP contribution >= 0.6 is 17.0 Å². The van der Waals surface area contributed by atoms with Crippen LogP contribution < -0.4 is 0 Å². The predicted octanol–water partition coefficient (Wildman–Crippen LogP) is 3.89. The van der Waals surface area contributed by atoms with Gasteiger partial charge < -0.3 is 14.8 Å². The third kappa shape index (κ3) is 10.4. The summed E-state index contributed by atoms with van der Waals surface area (Å²) < 4.78 is 2.05. The summed E-state index contributed by atoms with van der Waals surface area (Å²) in [4.78, 5) is 4.35. The topological polar surface area (TPSA) is 58.3 Å². The van der Waals surface area contributed by atoms with Crippen molar-refractivity contribution in [1.82, 2.24) is 9.55 Å². The molecule has 0 atom stereocenters. The van der Waals surface area contributed by atoms with E-state index < -0.39 is 0 Å². The molecule has 1 rings (SSSR count). The first-order valence-corrected chi connectivity index (χ1v) is 8.60. The van der Waals surface area contributed by atoms with Crippen LogP contribution in [0.15, 0.2) is 12.4 Å². The lowest BCUT2D eigenvalue weighted by molar-refractivity contribution is 0.274. The van der Waals surface area contributed by atoms with Crippen LogP contribution in [-0.4, -0.2) is 33.0 Å². The number of imidazole rings is 1. The van der Waals surface area contributed by atoms with Gasteiger partial charge in [0.2, 0.25) is 0 Å². The van der Waals surface area contributed by atoms with Gasteiger partial charge in [0, 0.05) is 32.0 Å². The second kappa shape index (κ2) is 15.5. The molecule has 2 N–H and O–H groups in total. The first kappa shape index (κ1) is 21.6. The van der Waals surface area contributed by atoms with Crippen molar-refractivity contribution in [2.75, 3.05) is 13.2 Å². The van der Waals surface area contributed by atoms with Crippen LogP contribution in [0.5, 0.6) is 0 Å². The van der Waals surface area contributed by atoms with Gasteiger partial charge in [-0.1, -0.05) is 51.4 Å². The van der Waals surface area contributed by atoms with E-state index in [-0.39, 0.29) is 23.6 Å². The highest BCUT2D eigenvalue weighted by Gasteiger charge is 2.01. The van der Waals surface area contributed by atoms with Gasteiger partial charge in [-0.2, -0.15) is 0 Å². The fourth-order valence-electron chi connectivity index (χ4n) is 2.69. The maximum absolute atomic E-state index is 8.96. The summed E-state index contributed by atoms with van der Waals surface area (Å²) >= 11 is 0. The lowest BCUT2D eigenvalue weighted by atomic mass is 10.1. The van der Waals surface area contributed by atoms with E-state index in [4.69, 9.17) is 10.2 Å². The summed E-state index contributed by atoms with van der Waals surface area (Å²) in [5.41, 5.74) is 0. The smallest absolute Gasteiger partial charge is 0.108 e. The molecule has 0 aliphatic carbocycles. The van der Waals surface area contributed by atoms with Gasteiger partial charge in [-0.25, -0.2) is 4.98 Å². The molecule has 1 heterocycles. The number of aryl methyl sites for hydroxylation is 1. The molecule has 0 aliphatic heterocycles. The zero-order chi connectivity index (χ0) is 15.2. The minimum Gasteiger partial charge on any atom is -0.396 e. The molecule has 0 amide bonds. The van der Waals surface area contributed by atoms with Gasteiger partial charge in [0.1, 0.15) is 5.82 Å². The largest absolute Gasteiger partial charge is 0.396 e. The molecule has 22 heavy (non-hydrogen) atoms. The minimum absolute atomic E-state index is 0. The van der Waals surface area contributed by atoms with Gasteiger partial charge in [0.15, 0.2) is 0 Å². The Morgan fingerprint density at radius 3 is 1.86 bits per heavy atom. The van der Waals surface area contributed by atoms with E-state index in [9.17, 15) is 0 Å². The number of aromatic nitrogens is 2. The Kier molecular flexibility index (Phi) is 15.2. The monoisotopic (exact) mass is 376 g/mol. The molecule has 0 saturated carbocycles. The van der Waals surface area contributed by atoms with E-state index in [2.05, 4.69) is 4.98 Å². The van der Waals surface area contributed by atoms with Gasteiger partial charge in [0.25, 0.3) is 0 Å².